The minimum Gasteiger partial charge on any atom is -0.338 e. The van der Waals surface area contributed by atoms with E-state index >= 15 is 0 Å². The molecule has 6 nitrogen and oxygen atoms in total. The fourth-order valence-electron chi connectivity index (χ4n) is 3.10. The van der Waals surface area contributed by atoms with Crippen molar-refractivity contribution in [2.24, 2.45) is 0 Å². The molecule has 0 aliphatic carbocycles. The molecular formula is C24H28N4O2S. The van der Waals surface area contributed by atoms with Crippen LogP contribution in [-0.2, 0) is 17.5 Å². The molecular weight excluding hydrogens is 408 g/mol. The molecule has 1 heterocycles. The molecule has 1 atom stereocenters. The van der Waals surface area contributed by atoms with E-state index in [1.54, 1.807) is 12.4 Å². The molecule has 2 amide bonds. The quantitative estimate of drug-likeness (QED) is 0.397. The molecule has 0 saturated carbocycles. The number of nitrogens with one attached hydrogen (secondary N) is 3. The van der Waals surface area contributed by atoms with Gasteiger partial charge in [0, 0.05) is 32.0 Å². The first kappa shape index (κ1) is 22.7. The maximum Gasteiger partial charge on any atom is 0.315 e. The molecule has 0 bridgehead atoms. The number of nitrogens with zero attached hydrogens (tertiary/aromatic N) is 1. The maximum atomic E-state index is 12.7. The van der Waals surface area contributed by atoms with E-state index in [9.17, 15) is 9.00 Å². The number of unbranched alkanes of at least 4 members (excludes halogenated alkanes) is 2. The molecule has 0 spiro atoms. The lowest BCUT2D eigenvalue weighted by molar-refractivity contribution is 0.240. The highest BCUT2D eigenvalue weighted by atomic mass is 32.2. The number of carbonyl (C=O) groups excluding carboxylic acids is 1. The standard InChI is InChI=1S/C24H28N4O2S/c29-24(27-19-20-10-9-15-25-18-20)26-16-7-2-8-17-28-31(30)23-14-6-5-13-22(23)21-11-3-1-4-12-21/h1,3-6,9-15,18,28H,2,7-8,16-17,19H2,(H2,26,27,29). The average Bonchev–Trinajstić information content (AvgIpc) is 2.83. The van der Waals surface area contributed by atoms with Crippen molar-refractivity contribution in [3.63, 3.8) is 0 Å². The SMILES string of the molecule is O=C(NCCCCCNS(=O)c1ccccc1-c1ccccc1)NCc1cccnc1. The fourth-order valence-corrected chi connectivity index (χ4v) is 4.18. The van der Waals surface area contributed by atoms with Crippen LogP contribution in [0.25, 0.3) is 11.1 Å². The summed E-state index contributed by atoms with van der Waals surface area (Å²) < 4.78 is 15.8. The summed E-state index contributed by atoms with van der Waals surface area (Å²) in [5.74, 6) is 0. The van der Waals surface area contributed by atoms with Crippen LogP contribution in [0.4, 0.5) is 4.79 Å². The summed E-state index contributed by atoms with van der Waals surface area (Å²) in [5.41, 5.74) is 3.00. The van der Waals surface area contributed by atoms with Crippen molar-refractivity contribution in [1.29, 1.82) is 0 Å². The molecule has 0 aliphatic rings. The summed E-state index contributed by atoms with van der Waals surface area (Å²) in [7, 11) is -1.27. The molecule has 0 radical (unpaired) electrons. The fraction of sp³-hybridized carbons (Fsp3) is 0.250. The molecule has 0 saturated heterocycles. The third kappa shape index (κ3) is 7.62. The van der Waals surface area contributed by atoms with Crippen LogP contribution in [0.15, 0.2) is 84.0 Å². The van der Waals surface area contributed by atoms with Crippen molar-refractivity contribution in [2.45, 2.75) is 30.7 Å². The second kappa shape index (κ2) is 12.6. The lowest BCUT2D eigenvalue weighted by atomic mass is 10.1. The second-order valence-corrected chi connectivity index (χ2v) is 8.32. The first-order valence-corrected chi connectivity index (χ1v) is 11.6. The molecule has 7 heteroatoms. The zero-order valence-electron chi connectivity index (χ0n) is 17.4. The largest absolute Gasteiger partial charge is 0.338 e. The molecule has 3 N–H and O–H groups in total. The van der Waals surface area contributed by atoms with E-state index in [1.807, 2.05) is 66.7 Å². The number of carbonyl (C=O) groups is 1. The molecule has 3 rings (SSSR count). The van der Waals surface area contributed by atoms with E-state index in [-0.39, 0.29) is 6.03 Å². The normalized spacial score (nSPS) is 11.6. The Morgan fingerprint density at radius 3 is 2.42 bits per heavy atom. The highest BCUT2D eigenvalue weighted by molar-refractivity contribution is 7.83. The van der Waals surface area contributed by atoms with Gasteiger partial charge in [0.1, 0.15) is 11.0 Å². The average molecular weight is 437 g/mol. The van der Waals surface area contributed by atoms with Crippen LogP contribution < -0.4 is 15.4 Å². The lowest BCUT2D eigenvalue weighted by Crippen LogP contribution is -2.35. The Morgan fingerprint density at radius 2 is 1.61 bits per heavy atom. The van der Waals surface area contributed by atoms with E-state index in [4.69, 9.17) is 0 Å². The number of rotatable bonds is 11. The van der Waals surface area contributed by atoms with E-state index in [0.29, 0.717) is 19.6 Å². The molecule has 31 heavy (non-hydrogen) atoms. The number of pyridine rings is 1. The van der Waals surface area contributed by atoms with Crippen molar-refractivity contribution >= 4 is 17.0 Å². The van der Waals surface area contributed by atoms with Crippen molar-refractivity contribution in [3.05, 3.63) is 84.7 Å². The van der Waals surface area contributed by atoms with Gasteiger partial charge in [0.05, 0.1) is 4.90 Å². The first-order chi connectivity index (χ1) is 15.2. The summed E-state index contributed by atoms with van der Waals surface area (Å²) in [6.07, 6.45) is 6.13. The summed E-state index contributed by atoms with van der Waals surface area (Å²) in [4.78, 5) is 16.6. The molecule has 1 aromatic heterocycles. The van der Waals surface area contributed by atoms with Crippen LogP contribution in [-0.4, -0.2) is 28.3 Å². The predicted molar refractivity (Wildman–Crippen MR) is 125 cm³/mol. The third-order valence-corrected chi connectivity index (χ3v) is 5.94. The van der Waals surface area contributed by atoms with Crippen molar-refractivity contribution in [1.82, 2.24) is 20.3 Å². The van der Waals surface area contributed by atoms with Crippen LogP contribution in [0.3, 0.4) is 0 Å². The van der Waals surface area contributed by atoms with Crippen LogP contribution in [0, 0.1) is 0 Å². The summed E-state index contributed by atoms with van der Waals surface area (Å²) in [6, 6.07) is 21.3. The molecule has 0 aliphatic heterocycles. The Hall–Kier alpha value is -3.03. The highest BCUT2D eigenvalue weighted by Crippen LogP contribution is 2.25. The summed E-state index contributed by atoms with van der Waals surface area (Å²) in [5, 5.41) is 5.66. The van der Waals surface area contributed by atoms with Crippen LogP contribution in [0.5, 0.6) is 0 Å². The van der Waals surface area contributed by atoms with Gasteiger partial charge in [-0.25, -0.2) is 13.7 Å². The second-order valence-electron chi connectivity index (χ2n) is 7.06. The Labute approximate surface area is 186 Å². The monoisotopic (exact) mass is 436 g/mol. The van der Waals surface area contributed by atoms with Gasteiger partial charge in [-0.2, -0.15) is 0 Å². The lowest BCUT2D eigenvalue weighted by Gasteiger charge is -2.11. The van der Waals surface area contributed by atoms with E-state index < -0.39 is 11.0 Å². The zero-order valence-corrected chi connectivity index (χ0v) is 18.2. The van der Waals surface area contributed by atoms with Gasteiger partial charge in [-0.1, -0.05) is 61.0 Å². The van der Waals surface area contributed by atoms with E-state index in [2.05, 4.69) is 20.3 Å². The van der Waals surface area contributed by atoms with Gasteiger partial charge < -0.3 is 10.6 Å². The first-order valence-electron chi connectivity index (χ1n) is 10.4. The number of urea groups is 1. The summed E-state index contributed by atoms with van der Waals surface area (Å²) >= 11 is 0. The Morgan fingerprint density at radius 1 is 0.839 bits per heavy atom. The van der Waals surface area contributed by atoms with Crippen molar-refractivity contribution < 1.29 is 9.00 Å². The molecule has 1 unspecified atom stereocenters. The van der Waals surface area contributed by atoms with Gasteiger partial charge in [-0.3, -0.25) is 4.98 Å². The van der Waals surface area contributed by atoms with Crippen molar-refractivity contribution in [2.75, 3.05) is 13.1 Å². The minimum atomic E-state index is -1.27. The molecule has 162 valence electrons. The van der Waals surface area contributed by atoms with Gasteiger partial charge in [0.25, 0.3) is 0 Å². The number of aromatic nitrogens is 1. The molecule has 3 aromatic rings. The highest BCUT2D eigenvalue weighted by Gasteiger charge is 2.10. The predicted octanol–water partition coefficient (Wildman–Crippen LogP) is 4.03. The number of hydrogen-bond donors (Lipinski definition) is 3. The van der Waals surface area contributed by atoms with Gasteiger partial charge in [-0.15, -0.1) is 0 Å². The van der Waals surface area contributed by atoms with Gasteiger partial charge in [-0.05, 0) is 41.7 Å². The van der Waals surface area contributed by atoms with Crippen molar-refractivity contribution in [3.8, 4) is 11.1 Å². The molecule has 0 fully saturated rings. The Balaban J connectivity index is 1.31. The van der Waals surface area contributed by atoms with Gasteiger partial charge >= 0.3 is 6.03 Å². The van der Waals surface area contributed by atoms with Gasteiger partial charge in [0.15, 0.2) is 0 Å². The van der Waals surface area contributed by atoms with Crippen LogP contribution >= 0.6 is 0 Å². The van der Waals surface area contributed by atoms with E-state index in [1.165, 1.54) is 0 Å². The van der Waals surface area contributed by atoms with E-state index in [0.717, 1.165) is 40.8 Å². The van der Waals surface area contributed by atoms with Gasteiger partial charge in [0.2, 0.25) is 0 Å². The Kier molecular flexibility index (Phi) is 9.22. The zero-order chi connectivity index (χ0) is 21.7. The number of amides is 2. The maximum absolute atomic E-state index is 12.7. The third-order valence-electron chi connectivity index (χ3n) is 4.72. The topological polar surface area (TPSA) is 83.1 Å². The Bertz CT molecular complexity index is 968. The number of benzene rings is 2. The minimum absolute atomic E-state index is 0.180. The van der Waals surface area contributed by atoms with Crippen LogP contribution in [0.2, 0.25) is 0 Å². The van der Waals surface area contributed by atoms with Crippen LogP contribution in [0.1, 0.15) is 24.8 Å². The molecule has 2 aromatic carbocycles. The summed E-state index contributed by atoms with van der Waals surface area (Å²) in [6.45, 7) is 1.72. The number of hydrogen-bond acceptors (Lipinski definition) is 3. The smallest absolute Gasteiger partial charge is 0.315 e.